The van der Waals surface area contributed by atoms with Gasteiger partial charge in [-0.2, -0.15) is 4.31 Å². The van der Waals surface area contributed by atoms with Gasteiger partial charge in [0.25, 0.3) is 11.8 Å². The summed E-state index contributed by atoms with van der Waals surface area (Å²) in [4.78, 5) is 42.0. The minimum absolute atomic E-state index is 0.0373. The summed E-state index contributed by atoms with van der Waals surface area (Å²) in [5, 5.41) is 5.43. The molecule has 244 valence electrons. The van der Waals surface area contributed by atoms with E-state index in [0.29, 0.717) is 31.1 Å². The van der Waals surface area contributed by atoms with Crippen molar-refractivity contribution in [3.05, 3.63) is 81.7 Å². The quantitative estimate of drug-likeness (QED) is 0.335. The van der Waals surface area contributed by atoms with Gasteiger partial charge in [-0.25, -0.2) is 13.2 Å². The third-order valence-corrected chi connectivity index (χ3v) is 12.4. The Bertz CT molecular complexity index is 1770. The van der Waals surface area contributed by atoms with Crippen LogP contribution < -0.4 is 10.6 Å². The minimum Gasteiger partial charge on any atom is -0.453 e. The number of carbonyl (C=O) groups is 3. The summed E-state index contributed by atoms with van der Waals surface area (Å²) in [7, 11) is -2.57. The van der Waals surface area contributed by atoms with E-state index in [0.717, 1.165) is 36.2 Å². The number of sulfonamides is 1. The van der Waals surface area contributed by atoms with Crippen LogP contribution >= 0.6 is 11.3 Å². The molecule has 2 unspecified atom stereocenters. The third kappa shape index (κ3) is 6.48. The molecular formula is C34H40N4O6S2. The molecule has 2 N–H and O–H groups in total. The molecule has 0 spiro atoms. The molecule has 1 saturated carbocycles. The number of anilines is 1. The van der Waals surface area contributed by atoms with Gasteiger partial charge in [0.2, 0.25) is 10.0 Å². The summed E-state index contributed by atoms with van der Waals surface area (Å²) in [5.74, 6) is -1.13. The van der Waals surface area contributed by atoms with Crippen LogP contribution in [0.15, 0.2) is 59.5 Å². The summed E-state index contributed by atoms with van der Waals surface area (Å²) in [6.45, 7) is 9.11. The Hall–Kier alpha value is -3.58. The third-order valence-electron chi connectivity index (χ3n) is 9.33. The van der Waals surface area contributed by atoms with Crippen molar-refractivity contribution in [3.63, 3.8) is 0 Å². The number of thiophene rings is 1. The number of carbonyl (C=O) groups excluding carboxylic acids is 3. The Balaban J connectivity index is 1.21. The SMILES string of the molecule is COC(=O)NC(=O)c1c(NC(=O)c2ccc(S(=O)(=O)N3CC4(C)CC3CC(C)(C)C4)cc2)sc2c1CCN(Cc1ccccc1)C2. The van der Waals surface area contributed by atoms with E-state index < -0.39 is 27.9 Å². The number of alkyl carbamates (subject to hydrolysis) is 1. The van der Waals surface area contributed by atoms with E-state index in [-0.39, 0.29) is 32.9 Å². The highest BCUT2D eigenvalue weighted by atomic mass is 32.2. The summed E-state index contributed by atoms with van der Waals surface area (Å²) >= 11 is 1.31. The lowest BCUT2D eigenvalue weighted by atomic mass is 9.65. The monoisotopic (exact) mass is 664 g/mol. The van der Waals surface area contributed by atoms with Gasteiger partial charge in [-0.15, -0.1) is 11.3 Å². The van der Waals surface area contributed by atoms with E-state index in [1.165, 1.54) is 48.3 Å². The van der Waals surface area contributed by atoms with Crippen LogP contribution in [0.1, 0.15) is 76.8 Å². The standard InChI is InChI=1S/C34H40N4O6S2/c1-33(2)16-24-17-34(3,20-33)21-38(24)46(42,43)25-12-10-23(11-13-25)29(39)35-31-28(30(40)36-32(41)44-4)26-14-15-37(19-27(26)45-31)18-22-8-6-5-7-9-22/h5-13,24H,14-21H2,1-4H3,(H,35,39)(H,36,40,41). The normalized spacial score (nSPS) is 22.6. The van der Waals surface area contributed by atoms with Crippen molar-refractivity contribution in [2.75, 3.05) is 25.5 Å². The Kier molecular flexibility index (Phi) is 8.60. The Morgan fingerprint density at radius 2 is 1.72 bits per heavy atom. The maximum Gasteiger partial charge on any atom is 0.413 e. The van der Waals surface area contributed by atoms with Gasteiger partial charge in [-0.05, 0) is 71.9 Å². The molecule has 3 aromatic rings. The van der Waals surface area contributed by atoms with Crippen LogP contribution in [-0.4, -0.2) is 61.8 Å². The molecule has 12 heteroatoms. The number of benzene rings is 2. The number of imide groups is 1. The molecule has 2 atom stereocenters. The number of rotatable bonds is 7. The van der Waals surface area contributed by atoms with Crippen molar-refractivity contribution in [2.24, 2.45) is 10.8 Å². The van der Waals surface area contributed by atoms with Crippen LogP contribution in [0.5, 0.6) is 0 Å². The molecule has 0 radical (unpaired) electrons. The van der Waals surface area contributed by atoms with Crippen LogP contribution in [0.2, 0.25) is 0 Å². The average Bonchev–Trinajstić information content (AvgIpc) is 3.49. The van der Waals surface area contributed by atoms with Crippen LogP contribution in [0.3, 0.4) is 0 Å². The van der Waals surface area contributed by atoms with Gasteiger partial charge in [-0.1, -0.05) is 51.1 Å². The molecule has 3 aliphatic rings. The number of ether oxygens (including phenoxy) is 1. The molecule has 2 fully saturated rings. The van der Waals surface area contributed by atoms with Crippen molar-refractivity contribution >= 4 is 44.3 Å². The summed E-state index contributed by atoms with van der Waals surface area (Å²) in [6.07, 6.45) is 2.34. The fourth-order valence-electron chi connectivity index (χ4n) is 7.75. The van der Waals surface area contributed by atoms with Crippen molar-refractivity contribution in [1.82, 2.24) is 14.5 Å². The zero-order valence-corrected chi connectivity index (χ0v) is 28.2. The maximum absolute atomic E-state index is 13.7. The van der Waals surface area contributed by atoms with E-state index in [4.69, 9.17) is 0 Å². The van der Waals surface area contributed by atoms with Gasteiger partial charge < -0.3 is 10.1 Å². The maximum atomic E-state index is 13.7. The highest BCUT2D eigenvalue weighted by Gasteiger charge is 2.53. The molecule has 1 aliphatic carbocycles. The van der Waals surface area contributed by atoms with Crippen LogP contribution in [0.25, 0.3) is 0 Å². The van der Waals surface area contributed by atoms with Gasteiger partial charge in [-0.3, -0.25) is 19.8 Å². The van der Waals surface area contributed by atoms with Crippen LogP contribution in [0.4, 0.5) is 9.80 Å². The summed E-state index contributed by atoms with van der Waals surface area (Å²) in [5.41, 5.74) is 2.50. The van der Waals surface area contributed by atoms with Gasteiger partial charge >= 0.3 is 6.09 Å². The average molecular weight is 665 g/mol. The molecule has 3 amide bonds. The van der Waals surface area contributed by atoms with Gasteiger partial charge in [0.1, 0.15) is 5.00 Å². The lowest BCUT2D eigenvalue weighted by Crippen LogP contribution is -2.37. The Labute approximate surface area is 274 Å². The first-order valence-corrected chi connectivity index (χ1v) is 17.8. The summed E-state index contributed by atoms with van der Waals surface area (Å²) < 4.78 is 33.7. The zero-order valence-electron chi connectivity index (χ0n) is 26.6. The number of fused-ring (bicyclic) bond motifs is 3. The highest BCUT2D eigenvalue weighted by Crippen LogP contribution is 2.53. The second-order valence-electron chi connectivity index (χ2n) is 13.8. The number of nitrogens with zero attached hydrogens (tertiary/aromatic N) is 2. The first-order valence-electron chi connectivity index (χ1n) is 15.5. The van der Waals surface area contributed by atoms with Gasteiger partial charge in [0, 0.05) is 42.7 Å². The lowest BCUT2D eigenvalue weighted by Gasteiger charge is -2.39. The largest absolute Gasteiger partial charge is 0.453 e. The number of nitrogens with one attached hydrogen (secondary N) is 2. The number of methoxy groups -OCH3 is 1. The van der Waals surface area contributed by atoms with Gasteiger partial charge in [0.05, 0.1) is 17.6 Å². The molecule has 1 aromatic heterocycles. The lowest BCUT2D eigenvalue weighted by molar-refractivity contribution is 0.0936. The van der Waals surface area contributed by atoms with E-state index >= 15 is 0 Å². The molecule has 2 bridgehead atoms. The number of amides is 3. The molecule has 3 heterocycles. The Morgan fingerprint density at radius 1 is 1.00 bits per heavy atom. The van der Waals surface area contributed by atoms with Crippen molar-refractivity contribution in [1.29, 1.82) is 0 Å². The van der Waals surface area contributed by atoms with E-state index in [1.54, 1.807) is 4.31 Å². The molecule has 2 aliphatic heterocycles. The van der Waals surface area contributed by atoms with E-state index in [9.17, 15) is 22.8 Å². The van der Waals surface area contributed by atoms with Crippen molar-refractivity contribution in [2.45, 2.75) is 70.5 Å². The number of hydrogen-bond donors (Lipinski definition) is 2. The molecule has 46 heavy (non-hydrogen) atoms. The fraction of sp³-hybridized carbons (Fsp3) is 0.441. The Morgan fingerprint density at radius 3 is 2.41 bits per heavy atom. The molecule has 2 aromatic carbocycles. The second kappa shape index (κ2) is 12.2. The molecular weight excluding hydrogens is 625 g/mol. The van der Waals surface area contributed by atoms with Crippen LogP contribution in [-0.2, 0) is 34.3 Å². The second-order valence-corrected chi connectivity index (χ2v) is 16.8. The highest BCUT2D eigenvalue weighted by molar-refractivity contribution is 7.89. The first-order chi connectivity index (χ1) is 21.8. The fourth-order valence-corrected chi connectivity index (χ4v) is 10.8. The van der Waals surface area contributed by atoms with Crippen molar-refractivity contribution < 1.29 is 27.5 Å². The van der Waals surface area contributed by atoms with E-state index in [1.807, 2.05) is 18.2 Å². The van der Waals surface area contributed by atoms with Crippen LogP contribution in [0, 0.1) is 10.8 Å². The first kappa shape index (κ1) is 32.4. The number of hydrogen-bond acceptors (Lipinski definition) is 8. The van der Waals surface area contributed by atoms with E-state index in [2.05, 4.69) is 53.2 Å². The predicted octanol–water partition coefficient (Wildman–Crippen LogP) is 5.64. The van der Waals surface area contributed by atoms with Gasteiger partial charge in [0.15, 0.2) is 0 Å². The summed E-state index contributed by atoms with van der Waals surface area (Å²) in [6, 6.07) is 16.0. The smallest absolute Gasteiger partial charge is 0.413 e. The molecule has 1 saturated heterocycles. The molecule has 6 rings (SSSR count). The zero-order chi connectivity index (χ0) is 32.9. The topological polar surface area (TPSA) is 125 Å². The predicted molar refractivity (Wildman–Crippen MR) is 176 cm³/mol. The van der Waals surface area contributed by atoms with Crippen molar-refractivity contribution in [3.8, 4) is 0 Å². The molecule has 10 nitrogen and oxygen atoms in total. The minimum atomic E-state index is -3.74.